The molecule has 7 heteroatoms. The summed E-state index contributed by atoms with van der Waals surface area (Å²) < 4.78 is 0.791. The fraction of sp³-hybridized carbons (Fsp3) is 0.357. The number of aromatic nitrogens is 1. The number of nitro benzene ring substituents is 1. The molecule has 1 N–H and O–H groups in total. The van der Waals surface area contributed by atoms with Gasteiger partial charge in [0, 0.05) is 27.4 Å². The second kappa shape index (κ2) is 6.11. The highest BCUT2D eigenvalue weighted by molar-refractivity contribution is 9.10. The molecule has 2 rings (SSSR count). The number of thiazole rings is 1. The maximum absolute atomic E-state index is 10.8. The van der Waals surface area contributed by atoms with Crippen molar-refractivity contribution in [3.8, 4) is 0 Å². The van der Waals surface area contributed by atoms with E-state index in [0.717, 1.165) is 15.2 Å². The van der Waals surface area contributed by atoms with Crippen LogP contribution in [0.5, 0.6) is 0 Å². The van der Waals surface area contributed by atoms with Crippen LogP contribution in [-0.4, -0.2) is 9.91 Å². The number of benzene rings is 1. The van der Waals surface area contributed by atoms with Gasteiger partial charge in [-0.25, -0.2) is 4.98 Å². The number of non-ortho nitro benzene ring substituents is 1. The zero-order valence-electron chi connectivity index (χ0n) is 12.0. The Balaban J connectivity index is 2.11. The average Bonchev–Trinajstić information content (AvgIpc) is 2.86. The Morgan fingerprint density at radius 3 is 2.71 bits per heavy atom. The number of nitro groups is 1. The summed E-state index contributed by atoms with van der Waals surface area (Å²) in [6, 6.07) is 4.65. The molecular formula is C14H16BrN3O2S. The average molecular weight is 370 g/mol. The molecule has 21 heavy (non-hydrogen) atoms. The first-order chi connectivity index (χ1) is 9.77. The molecule has 0 unspecified atom stereocenters. The lowest BCUT2D eigenvalue weighted by molar-refractivity contribution is -0.384. The highest BCUT2D eigenvalue weighted by atomic mass is 79.9. The molecule has 0 aliphatic rings. The Kier molecular flexibility index (Phi) is 4.63. The van der Waals surface area contributed by atoms with Crippen molar-refractivity contribution >= 4 is 38.6 Å². The molecule has 0 bridgehead atoms. The van der Waals surface area contributed by atoms with E-state index in [1.165, 1.54) is 12.1 Å². The van der Waals surface area contributed by atoms with Gasteiger partial charge in [0.15, 0.2) is 0 Å². The van der Waals surface area contributed by atoms with Gasteiger partial charge in [0.05, 0.1) is 27.9 Å². The molecule has 0 fully saturated rings. The summed E-state index contributed by atoms with van der Waals surface area (Å²) in [7, 11) is 0. The van der Waals surface area contributed by atoms with Gasteiger partial charge in [-0.15, -0.1) is 11.3 Å². The summed E-state index contributed by atoms with van der Waals surface area (Å²) >= 11 is 5.02. The molecular weight excluding hydrogens is 354 g/mol. The first-order valence-corrected chi connectivity index (χ1v) is 8.07. The van der Waals surface area contributed by atoms with E-state index in [9.17, 15) is 10.1 Å². The van der Waals surface area contributed by atoms with Gasteiger partial charge >= 0.3 is 0 Å². The minimum Gasteiger partial charge on any atom is -0.378 e. The number of rotatable bonds is 4. The van der Waals surface area contributed by atoms with Gasteiger partial charge in [-0.2, -0.15) is 0 Å². The topological polar surface area (TPSA) is 68.1 Å². The summed E-state index contributed by atoms with van der Waals surface area (Å²) in [5, 5.41) is 17.1. The molecule has 0 saturated carbocycles. The van der Waals surface area contributed by atoms with Gasteiger partial charge in [-0.1, -0.05) is 20.8 Å². The maximum Gasteiger partial charge on any atom is 0.271 e. The Morgan fingerprint density at radius 2 is 2.14 bits per heavy atom. The molecule has 1 aromatic heterocycles. The van der Waals surface area contributed by atoms with Crippen LogP contribution >= 0.6 is 27.3 Å². The summed E-state index contributed by atoms with van der Waals surface area (Å²) in [5.41, 5.74) is 1.72. The Morgan fingerprint density at radius 1 is 1.43 bits per heavy atom. The molecule has 5 nitrogen and oxygen atoms in total. The van der Waals surface area contributed by atoms with Crippen LogP contribution in [0.2, 0.25) is 0 Å². The van der Waals surface area contributed by atoms with E-state index < -0.39 is 4.92 Å². The van der Waals surface area contributed by atoms with Crippen LogP contribution in [-0.2, 0) is 12.0 Å². The minimum atomic E-state index is -0.405. The SMILES string of the molecule is CC(C)(C)c1nc(CNc2cc([N+](=O)[O-])ccc2Br)cs1. The van der Waals surface area contributed by atoms with Crippen molar-refractivity contribution in [2.24, 2.45) is 0 Å². The molecule has 1 aromatic carbocycles. The number of hydrogen-bond acceptors (Lipinski definition) is 5. The molecule has 0 aliphatic carbocycles. The van der Waals surface area contributed by atoms with Crippen LogP contribution < -0.4 is 5.32 Å². The first-order valence-electron chi connectivity index (χ1n) is 6.40. The summed E-state index contributed by atoms with van der Waals surface area (Å²) in [5.74, 6) is 0. The van der Waals surface area contributed by atoms with E-state index in [-0.39, 0.29) is 11.1 Å². The standard InChI is InChI=1S/C14H16BrN3O2S/c1-14(2,3)13-17-9(8-21-13)7-16-12-6-10(18(19)20)4-5-11(12)15/h4-6,8,16H,7H2,1-3H3. The monoisotopic (exact) mass is 369 g/mol. The van der Waals surface area contributed by atoms with E-state index in [0.29, 0.717) is 12.2 Å². The quantitative estimate of drug-likeness (QED) is 0.624. The maximum atomic E-state index is 10.8. The van der Waals surface area contributed by atoms with Crippen LogP contribution in [0.25, 0.3) is 0 Å². The second-order valence-electron chi connectivity index (χ2n) is 5.67. The molecule has 1 heterocycles. The molecule has 0 atom stereocenters. The van der Waals surface area contributed by atoms with Gasteiger partial charge in [-0.05, 0) is 22.0 Å². The number of halogens is 1. The van der Waals surface area contributed by atoms with E-state index in [1.807, 2.05) is 5.38 Å². The van der Waals surface area contributed by atoms with Crippen LogP contribution in [0.4, 0.5) is 11.4 Å². The van der Waals surface area contributed by atoms with Crippen molar-refractivity contribution in [3.05, 3.63) is 48.9 Å². The van der Waals surface area contributed by atoms with Gasteiger partial charge in [0.25, 0.3) is 5.69 Å². The van der Waals surface area contributed by atoms with Gasteiger partial charge < -0.3 is 5.32 Å². The van der Waals surface area contributed by atoms with Crippen molar-refractivity contribution in [3.63, 3.8) is 0 Å². The van der Waals surface area contributed by atoms with Crippen molar-refractivity contribution < 1.29 is 4.92 Å². The summed E-state index contributed by atoms with van der Waals surface area (Å²) in [6.45, 7) is 6.91. The van der Waals surface area contributed by atoms with Gasteiger partial charge in [-0.3, -0.25) is 10.1 Å². The highest BCUT2D eigenvalue weighted by Crippen LogP contribution is 2.29. The number of nitrogens with zero attached hydrogens (tertiary/aromatic N) is 2. The summed E-state index contributed by atoms with van der Waals surface area (Å²) in [4.78, 5) is 15.0. The lowest BCUT2D eigenvalue weighted by atomic mass is 9.98. The van der Waals surface area contributed by atoms with E-state index in [4.69, 9.17) is 0 Å². The number of hydrogen-bond donors (Lipinski definition) is 1. The van der Waals surface area contributed by atoms with Crippen LogP contribution in [0, 0.1) is 10.1 Å². The molecule has 0 saturated heterocycles. The Labute approximate surface area is 135 Å². The van der Waals surface area contributed by atoms with Gasteiger partial charge in [0.1, 0.15) is 0 Å². The van der Waals surface area contributed by atoms with Gasteiger partial charge in [0.2, 0.25) is 0 Å². The first kappa shape index (κ1) is 15.9. The molecule has 112 valence electrons. The highest BCUT2D eigenvalue weighted by Gasteiger charge is 2.18. The largest absolute Gasteiger partial charge is 0.378 e. The molecule has 0 radical (unpaired) electrons. The summed E-state index contributed by atoms with van der Waals surface area (Å²) in [6.07, 6.45) is 0. The molecule has 0 aliphatic heterocycles. The lowest BCUT2D eigenvalue weighted by Gasteiger charge is -2.13. The Hall–Kier alpha value is -1.47. The third kappa shape index (κ3) is 4.01. The molecule has 0 spiro atoms. The van der Waals surface area contributed by atoms with E-state index in [2.05, 4.69) is 47.0 Å². The minimum absolute atomic E-state index is 0.0367. The van der Waals surface area contributed by atoms with Crippen LogP contribution in [0.15, 0.2) is 28.1 Å². The number of nitrogens with one attached hydrogen (secondary N) is 1. The van der Waals surface area contributed by atoms with Crippen molar-refractivity contribution in [1.29, 1.82) is 0 Å². The normalized spacial score (nSPS) is 11.4. The number of anilines is 1. The van der Waals surface area contributed by atoms with Crippen molar-refractivity contribution in [1.82, 2.24) is 4.98 Å². The fourth-order valence-corrected chi connectivity index (χ4v) is 2.97. The zero-order valence-corrected chi connectivity index (χ0v) is 14.4. The fourth-order valence-electron chi connectivity index (χ4n) is 1.68. The van der Waals surface area contributed by atoms with Crippen LogP contribution in [0.3, 0.4) is 0 Å². The predicted molar refractivity (Wildman–Crippen MR) is 88.9 cm³/mol. The zero-order chi connectivity index (χ0) is 15.6. The second-order valence-corrected chi connectivity index (χ2v) is 7.38. The molecule has 2 aromatic rings. The van der Waals surface area contributed by atoms with Crippen molar-refractivity contribution in [2.75, 3.05) is 5.32 Å². The lowest BCUT2D eigenvalue weighted by Crippen LogP contribution is -2.11. The van der Waals surface area contributed by atoms with Crippen molar-refractivity contribution in [2.45, 2.75) is 32.7 Å². The Bertz CT molecular complexity index is 664. The smallest absolute Gasteiger partial charge is 0.271 e. The van der Waals surface area contributed by atoms with Crippen LogP contribution in [0.1, 0.15) is 31.5 Å². The third-order valence-corrected chi connectivity index (χ3v) is 4.82. The predicted octanol–water partition coefficient (Wildman–Crippen LogP) is 4.72. The van der Waals surface area contributed by atoms with E-state index >= 15 is 0 Å². The third-order valence-electron chi connectivity index (χ3n) is 2.81. The molecule has 0 amide bonds. The van der Waals surface area contributed by atoms with E-state index in [1.54, 1.807) is 17.4 Å².